The van der Waals surface area contributed by atoms with Gasteiger partial charge in [-0.3, -0.25) is 4.68 Å². The monoisotopic (exact) mass is 257 g/mol. The third kappa shape index (κ3) is 2.37. The van der Waals surface area contributed by atoms with Crippen LogP contribution in [-0.4, -0.2) is 9.78 Å². The molecule has 2 aromatic rings. The lowest BCUT2D eigenvalue weighted by molar-refractivity contribution is 0.590. The Bertz CT molecular complexity index is 616. The fourth-order valence-electron chi connectivity index (χ4n) is 2.42. The summed E-state index contributed by atoms with van der Waals surface area (Å²) in [6.45, 7) is 10.9. The van der Waals surface area contributed by atoms with E-state index in [0.29, 0.717) is 5.82 Å². The molecule has 102 valence electrons. The molecule has 1 aromatic carbocycles. The normalized spacial score (nSPS) is 11.9. The lowest BCUT2D eigenvalue weighted by Crippen LogP contribution is -2.11. The first kappa shape index (κ1) is 13.7. The summed E-state index contributed by atoms with van der Waals surface area (Å²) in [6, 6.07) is 6.64. The van der Waals surface area contributed by atoms with E-state index in [9.17, 15) is 0 Å². The number of nitrogen functional groups attached to an aromatic ring is 1. The highest BCUT2D eigenvalue weighted by molar-refractivity contribution is 5.71. The van der Waals surface area contributed by atoms with Gasteiger partial charge in [0.05, 0.1) is 5.69 Å². The summed E-state index contributed by atoms with van der Waals surface area (Å²) in [7, 11) is 1.94. The van der Waals surface area contributed by atoms with Crippen molar-refractivity contribution in [3.8, 4) is 11.3 Å². The molecule has 0 saturated carbocycles. The minimum Gasteiger partial charge on any atom is -0.382 e. The highest BCUT2D eigenvalue weighted by atomic mass is 15.3. The number of anilines is 1. The van der Waals surface area contributed by atoms with Crippen molar-refractivity contribution in [2.75, 3.05) is 5.73 Å². The van der Waals surface area contributed by atoms with E-state index in [0.717, 1.165) is 11.3 Å². The summed E-state index contributed by atoms with van der Waals surface area (Å²) >= 11 is 0. The van der Waals surface area contributed by atoms with E-state index in [1.165, 1.54) is 16.7 Å². The standard InChI is InChI=1S/C16H23N3/c1-10-9-12(16(3,4)5)7-8-13(10)14-11(2)15(17)18-19(14)6/h7-9H,1-6H3,(H2,17,18). The molecule has 19 heavy (non-hydrogen) atoms. The zero-order chi connectivity index (χ0) is 14.4. The molecule has 0 spiro atoms. The van der Waals surface area contributed by atoms with Crippen LogP contribution in [0.3, 0.4) is 0 Å². The van der Waals surface area contributed by atoms with Gasteiger partial charge < -0.3 is 5.73 Å². The van der Waals surface area contributed by atoms with Gasteiger partial charge >= 0.3 is 0 Å². The second kappa shape index (κ2) is 4.41. The third-order valence-electron chi connectivity index (χ3n) is 3.67. The maximum Gasteiger partial charge on any atom is 0.148 e. The molecule has 0 amide bonds. The van der Waals surface area contributed by atoms with Crippen molar-refractivity contribution in [1.29, 1.82) is 0 Å². The largest absolute Gasteiger partial charge is 0.382 e. The number of nitrogens with zero attached hydrogens (tertiary/aromatic N) is 2. The Morgan fingerprint density at radius 3 is 2.21 bits per heavy atom. The van der Waals surface area contributed by atoms with Gasteiger partial charge in [-0.1, -0.05) is 39.0 Å². The van der Waals surface area contributed by atoms with Crippen molar-refractivity contribution in [3.63, 3.8) is 0 Å². The molecule has 0 fully saturated rings. The molecule has 0 saturated heterocycles. The third-order valence-corrected chi connectivity index (χ3v) is 3.67. The van der Waals surface area contributed by atoms with E-state index in [1.54, 1.807) is 0 Å². The average molecular weight is 257 g/mol. The van der Waals surface area contributed by atoms with Crippen LogP contribution >= 0.6 is 0 Å². The molecule has 0 aliphatic rings. The van der Waals surface area contributed by atoms with E-state index in [-0.39, 0.29) is 5.41 Å². The summed E-state index contributed by atoms with van der Waals surface area (Å²) in [6.07, 6.45) is 0. The fourth-order valence-corrected chi connectivity index (χ4v) is 2.42. The van der Waals surface area contributed by atoms with Crippen molar-refractivity contribution in [2.24, 2.45) is 7.05 Å². The van der Waals surface area contributed by atoms with Crippen LogP contribution in [0, 0.1) is 13.8 Å². The predicted molar refractivity (Wildman–Crippen MR) is 81.2 cm³/mol. The highest BCUT2D eigenvalue weighted by Crippen LogP contribution is 2.32. The van der Waals surface area contributed by atoms with Gasteiger partial charge in [-0.15, -0.1) is 0 Å². The average Bonchev–Trinajstić information content (AvgIpc) is 2.53. The number of aromatic nitrogens is 2. The first-order valence-corrected chi connectivity index (χ1v) is 6.62. The fraction of sp³-hybridized carbons (Fsp3) is 0.438. The Kier molecular flexibility index (Phi) is 3.17. The maximum absolute atomic E-state index is 5.90. The topological polar surface area (TPSA) is 43.8 Å². The highest BCUT2D eigenvalue weighted by Gasteiger charge is 2.17. The first-order valence-electron chi connectivity index (χ1n) is 6.62. The van der Waals surface area contributed by atoms with Crippen LogP contribution in [0.15, 0.2) is 18.2 Å². The van der Waals surface area contributed by atoms with Crippen LogP contribution < -0.4 is 5.73 Å². The molecular formula is C16H23N3. The van der Waals surface area contributed by atoms with Crippen molar-refractivity contribution >= 4 is 5.82 Å². The molecular weight excluding hydrogens is 234 g/mol. The Balaban J connectivity index is 2.59. The second-order valence-electron chi connectivity index (χ2n) is 6.26. The van der Waals surface area contributed by atoms with Crippen molar-refractivity contribution < 1.29 is 0 Å². The van der Waals surface area contributed by atoms with Gasteiger partial charge in [0.2, 0.25) is 0 Å². The van der Waals surface area contributed by atoms with Gasteiger partial charge in [0, 0.05) is 18.2 Å². The van der Waals surface area contributed by atoms with E-state index >= 15 is 0 Å². The summed E-state index contributed by atoms with van der Waals surface area (Å²) in [4.78, 5) is 0. The van der Waals surface area contributed by atoms with E-state index in [2.05, 4.69) is 51.0 Å². The summed E-state index contributed by atoms with van der Waals surface area (Å²) in [5.74, 6) is 0.608. The second-order valence-corrected chi connectivity index (χ2v) is 6.26. The van der Waals surface area contributed by atoms with Crippen LogP contribution in [0.4, 0.5) is 5.82 Å². The molecule has 1 aromatic heterocycles. The molecule has 1 heterocycles. The van der Waals surface area contributed by atoms with Crippen LogP contribution in [0.25, 0.3) is 11.3 Å². The van der Waals surface area contributed by atoms with Gasteiger partial charge in [-0.2, -0.15) is 5.10 Å². The zero-order valence-electron chi connectivity index (χ0n) is 12.7. The number of aryl methyl sites for hydroxylation is 2. The van der Waals surface area contributed by atoms with Crippen LogP contribution in [-0.2, 0) is 12.5 Å². The number of hydrogen-bond acceptors (Lipinski definition) is 2. The molecule has 0 unspecified atom stereocenters. The van der Waals surface area contributed by atoms with Gasteiger partial charge in [-0.05, 0) is 30.4 Å². The molecule has 0 aliphatic heterocycles. The quantitative estimate of drug-likeness (QED) is 0.848. The van der Waals surface area contributed by atoms with E-state index in [4.69, 9.17) is 5.73 Å². The Hall–Kier alpha value is -1.77. The van der Waals surface area contributed by atoms with Gasteiger partial charge in [-0.25, -0.2) is 0 Å². The number of rotatable bonds is 1. The molecule has 0 bridgehead atoms. The lowest BCUT2D eigenvalue weighted by atomic mass is 9.85. The van der Waals surface area contributed by atoms with Crippen molar-refractivity contribution in [3.05, 3.63) is 34.9 Å². The predicted octanol–water partition coefficient (Wildman–Crippen LogP) is 3.58. The molecule has 0 atom stereocenters. The Labute approximate surface area is 115 Å². The van der Waals surface area contributed by atoms with Crippen LogP contribution in [0.2, 0.25) is 0 Å². The van der Waals surface area contributed by atoms with E-state index in [1.807, 2.05) is 18.7 Å². The van der Waals surface area contributed by atoms with Crippen LogP contribution in [0.5, 0.6) is 0 Å². The Morgan fingerprint density at radius 1 is 1.16 bits per heavy atom. The molecule has 3 nitrogen and oxygen atoms in total. The van der Waals surface area contributed by atoms with Gasteiger partial charge in [0.25, 0.3) is 0 Å². The lowest BCUT2D eigenvalue weighted by Gasteiger charge is -2.20. The van der Waals surface area contributed by atoms with Crippen LogP contribution in [0.1, 0.15) is 37.5 Å². The van der Waals surface area contributed by atoms with E-state index < -0.39 is 0 Å². The minimum absolute atomic E-state index is 0.170. The molecule has 0 aliphatic carbocycles. The maximum atomic E-state index is 5.90. The van der Waals surface area contributed by atoms with Crippen molar-refractivity contribution in [2.45, 2.75) is 40.0 Å². The molecule has 0 radical (unpaired) electrons. The number of nitrogens with two attached hydrogens (primary N) is 1. The zero-order valence-corrected chi connectivity index (χ0v) is 12.7. The number of hydrogen-bond donors (Lipinski definition) is 1. The summed E-state index contributed by atoms with van der Waals surface area (Å²) < 4.78 is 1.86. The summed E-state index contributed by atoms with van der Waals surface area (Å²) in [5.41, 5.74) is 12.0. The minimum atomic E-state index is 0.170. The molecule has 3 heteroatoms. The Morgan fingerprint density at radius 2 is 1.79 bits per heavy atom. The number of benzene rings is 1. The molecule has 2 rings (SSSR count). The SMILES string of the molecule is Cc1cc(C(C)(C)C)ccc1-c1c(C)c(N)nn1C. The first-order chi connectivity index (χ1) is 8.71. The van der Waals surface area contributed by atoms with Gasteiger partial charge in [0.1, 0.15) is 5.82 Å². The molecule has 2 N–H and O–H groups in total. The summed E-state index contributed by atoms with van der Waals surface area (Å²) in [5, 5.41) is 4.29. The smallest absolute Gasteiger partial charge is 0.148 e. The van der Waals surface area contributed by atoms with Gasteiger partial charge in [0.15, 0.2) is 0 Å². The van der Waals surface area contributed by atoms with Crippen molar-refractivity contribution in [1.82, 2.24) is 9.78 Å².